The highest BCUT2D eigenvalue weighted by Gasteiger charge is 2.40. The Balaban J connectivity index is 1.74. The Morgan fingerprint density at radius 1 is 1.39 bits per heavy atom. The molecule has 4 nitrogen and oxygen atoms in total. The van der Waals surface area contributed by atoms with E-state index in [2.05, 4.69) is 6.92 Å². The van der Waals surface area contributed by atoms with Gasteiger partial charge in [0.25, 0.3) is 5.91 Å². The van der Waals surface area contributed by atoms with Crippen molar-refractivity contribution in [3.8, 4) is 5.75 Å². The zero-order chi connectivity index (χ0) is 13.0. The lowest BCUT2D eigenvalue weighted by atomic mass is 9.86. The van der Waals surface area contributed by atoms with Gasteiger partial charge in [-0.05, 0) is 18.6 Å². The summed E-state index contributed by atoms with van der Waals surface area (Å²) in [6.07, 6.45) is 2.02. The molecule has 1 aliphatic rings. The van der Waals surface area contributed by atoms with Crippen molar-refractivity contribution in [3.63, 3.8) is 0 Å². The maximum atomic E-state index is 11.8. The number of hydrogen-bond donors (Lipinski definition) is 1. The molecule has 2 rings (SSSR count). The van der Waals surface area contributed by atoms with Crippen LogP contribution in [0.4, 0.5) is 0 Å². The highest BCUT2D eigenvalue weighted by atomic mass is 16.5. The lowest BCUT2D eigenvalue weighted by molar-refractivity contribution is -0.141. The minimum Gasteiger partial charge on any atom is -0.484 e. The summed E-state index contributed by atoms with van der Waals surface area (Å²) in [6.45, 7) is 3.50. The molecule has 1 aromatic rings. The van der Waals surface area contributed by atoms with Crippen molar-refractivity contribution in [3.05, 3.63) is 30.3 Å². The van der Waals surface area contributed by atoms with Gasteiger partial charge in [0.2, 0.25) is 0 Å². The van der Waals surface area contributed by atoms with Crippen LogP contribution in [0.2, 0.25) is 0 Å². The molecule has 1 aromatic carbocycles. The lowest BCUT2D eigenvalue weighted by Crippen LogP contribution is -2.69. The van der Waals surface area contributed by atoms with E-state index >= 15 is 0 Å². The van der Waals surface area contributed by atoms with Gasteiger partial charge < -0.3 is 15.4 Å². The summed E-state index contributed by atoms with van der Waals surface area (Å²) in [5.74, 6) is 0.731. The highest BCUT2D eigenvalue weighted by molar-refractivity contribution is 5.79. The number of rotatable bonds is 5. The van der Waals surface area contributed by atoms with Gasteiger partial charge in [0.15, 0.2) is 6.61 Å². The van der Waals surface area contributed by atoms with Crippen LogP contribution < -0.4 is 10.5 Å². The summed E-state index contributed by atoms with van der Waals surface area (Å²) in [7, 11) is 0. The molecular weight excluding hydrogens is 228 g/mol. The lowest BCUT2D eigenvalue weighted by Gasteiger charge is -2.47. The highest BCUT2D eigenvalue weighted by Crippen LogP contribution is 2.23. The molecule has 1 saturated heterocycles. The van der Waals surface area contributed by atoms with Crippen molar-refractivity contribution in [1.29, 1.82) is 0 Å². The van der Waals surface area contributed by atoms with Gasteiger partial charge in [-0.3, -0.25) is 4.79 Å². The first-order valence-corrected chi connectivity index (χ1v) is 6.37. The Kier molecular flexibility index (Phi) is 3.87. The maximum Gasteiger partial charge on any atom is 0.260 e. The Hall–Kier alpha value is -1.55. The summed E-state index contributed by atoms with van der Waals surface area (Å²) in [4.78, 5) is 13.6. The van der Waals surface area contributed by atoms with Crippen LogP contribution in [0.3, 0.4) is 0 Å². The standard InChI is InChI=1S/C14H20N2O2/c1-2-8-14(15)10-16(11-14)13(17)9-18-12-6-4-3-5-7-12/h3-7H,2,8-11,15H2,1H3. The fraction of sp³-hybridized carbons (Fsp3) is 0.500. The Bertz CT molecular complexity index is 400. The van der Waals surface area contributed by atoms with Crippen LogP contribution in [0.25, 0.3) is 0 Å². The smallest absolute Gasteiger partial charge is 0.260 e. The summed E-state index contributed by atoms with van der Waals surface area (Å²) >= 11 is 0. The van der Waals surface area contributed by atoms with E-state index in [9.17, 15) is 4.79 Å². The van der Waals surface area contributed by atoms with E-state index in [0.717, 1.165) is 18.6 Å². The molecule has 0 saturated carbocycles. The number of para-hydroxylation sites is 1. The van der Waals surface area contributed by atoms with E-state index in [1.54, 1.807) is 4.90 Å². The van der Waals surface area contributed by atoms with Gasteiger partial charge in [0.1, 0.15) is 5.75 Å². The first-order chi connectivity index (χ1) is 8.63. The fourth-order valence-electron chi connectivity index (χ4n) is 2.30. The van der Waals surface area contributed by atoms with Gasteiger partial charge >= 0.3 is 0 Å². The third-order valence-corrected chi connectivity index (χ3v) is 3.22. The molecule has 1 amide bonds. The summed E-state index contributed by atoms with van der Waals surface area (Å²) in [5.41, 5.74) is 5.94. The van der Waals surface area contributed by atoms with Crippen LogP contribution in [0.1, 0.15) is 19.8 Å². The number of carbonyl (C=O) groups excluding carboxylic acids is 1. The molecule has 1 heterocycles. The number of ether oxygens (including phenoxy) is 1. The minimum atomic E-state index is -0.169. The molecule has 2 N–H and O–H groups in total. The molecule has 98 valence electrons. The van der Waals surface area contributed by atoms with Gasteiger partial charge in [-0.1, -0.05) is 31.5 Å². The Labute approximate surface area is 108 Å². The SMILES string of the molecule is CCCC1(N)CN(C(=O)COc2ccccc2)C1. The van der Waals surface area contributed by atoms with Crippen LogP contribution in [-0.2, 0) is 4.79 Å². The molecule has 1 aliphatic heterocycles. The molecule has 0 aliphatic carbocycles. The molecule has 0 bridgehead atoms. The van der Waals surface area contributed by atoms with E-state index in [1.165, 1.54) is 0 Å². The molecule has 0 unspecified atom stereocenters. The maximum absolute atomic E-state index is 11.8. The summed E-state index contributed by atoms with van der Waals surface area (Å²) in [6, 6.07) is 9.37. The van der Waals surface area contributed by atoms with Gasteiger partial charge in [-0.2, -0.15) is 0 Å². The fourth-order valence-corrected chi connectivity index (χ4v) is 2.30. The van der Waals surface area contributed by atoms with E-state index in [4.69, 9.17) is 10.5 Å². The van der Waals surface area contributed by atoms with Crippen molar-refractivity contribution >= 4 is 5.91 Å². The minimum absolute atomic E-state index is 0.0102. The second-order valence-corrected chi connectivity index (χ2v) is 4.96. The van der Waals surface area contributed by atoms with Crippen LogP contribution in [-0.4, -0.2) is 36.0 Å². The molecule has 0 aromatic heterocycles. The molecule has 0 spiro atoms. The number of hydrogen-bond acceptors (Lipinski definition) is 3. The van der Waals surface area contributed by atoms with Crippen molar-refractivity contribution in [2.24, 2.45) is 5.73 Å². The molecule has 18 heavy (non-hydrogen) atoms. The van der Waals surface area contributed by atoms with Crippen molar-refractivity contribution in [2.45, 2.75) is 25.3 Å². The third kappa shape index (κ3) is 3.01. The predicted molar refractivity (Wildman–Crippen MR) is 70.3 cm³/mol. The van der Waals surface area contributed by atoms with Crippen LogP contribution >= 0.6 is 0 Å². The quantitative estimate of drug-likeness (QED) is 0.857. The zero-order valence-corrected chi connectivity index (χ0v) is 10.8. The molecule has 0 radical (unpaired) electrons. The number of amides is 1. The first-order valence-electron chi connectivity index (χ1n) is 6.37. The second-order valence-electron chi connectivity index (χ2n) is 4.96. The van der Waals surface area contributed by atoms with E-state index < -0.39 is 0 Å². The van der Waals surface area contributed by atoms with Crippen LogP contribution in [0.15, 0.2) is 30.3 Å². The first kappa shape index (κ1) is 12.9. The second kappa shape index (κ2) is 5.40. The number of carbonyl (C=O) groups is 1. The molecule has 4 heteroatoms. The molecule has 0 atom stereocenters. The molecule has 1 fully saturated rings. The number of benzene rings is 1. The third-order valence-electron chi connectivity index (χ3n) is 3.22. The average Bonchev–Trinajstić information content (AvgIpc) is 2.34. The predicted octanol–water partition coefficient (Wildman–Crippen LogP) is 1.41. The topological polar surface area (TPSA) is 55.6 Å². The monoisotopic (exact) mass is 248 g/mol. The van der Waals surface area contributed by atoms with Crippen molar-refractivity contribution in [1.82, 2.24) is 4.90 Å². The van der Waals surface area contributed by atoms with Gasteiger partial charge in [0.05, 0.1) is 5.54 Å². The van der Waals surface area contributed by atoms with Crippen LogP contribution in [0.5, 0.6) is 5.75 Å². The van der Waals surface area contributed by atoms with Gasteiger partial charge in [-0.25, -0.2) is 0 Å². The number of nitrogens with two attached hydrogens (primary N) is 1. The summed E-state index contributed by atoms with van der Waals surface area (Å²) < 4.78 is 5.42. The van der Waals surface area contributed by atoms with Crippen molar-refractivity contribution < 1.29 is 9.53 Å². The van der Waals surface area contributed by atoms with E-state index in [-0.39, 0.29) is 18.1 Å². The Morgan fingerprint density at radius 2 is 2.06 bits per heavy atom. The largest absolute Gasteiger partial charge is 0.484 e. The Morgan fingerprint density at radius 3 is 2.67 bits per heavy atom. The van der Waals surface area contributed by atoms with Crippen LogP contribution in [0, 0.1) is 0 Å². The zero-order valence-electron chi connectivity index (χ0n) is 10.8. The van der Waals surface area contributed by atoms with Gasteiger partial charge in [-0.15, -0.1) is 0 Å². The number of nitrogens with zero attached hydrogens (tertiary/aromatic N) is 1. The summed E-state index contributed by atoms with van der Waals surface area (Å²) in [5, 5.41) is 0. The van der Waals surface area contributed by atoms with Crippen molar-refractivity contribution in [2.75, 3.05) is 19.7 Å². The molecular formula is C14H20N2O2. The average molecular weight is 248 g/mol. The van der Waals surface area contributed by atoms with Gasteiger partial charge in [0, 0.05) is 13.1 Å². The number of likely N-dealkylation sites (tertiary alicyclic amines) is 1. The van der Waals surface area contributed by atoms with E-state index in [0.29, 0.717) is 13.1 Å². The normalized spacial score (nSPS) is 17.1. The van der Waals surface area contributed by atoms with E-state index in [1.807, 2.05) is 30.3 Å².